The van der Waals surface area contributed by atoms with Crippen LogP contribution in [-0.4, -0.2) is 32.9 Å². The number of hydrogen-bond acceptors (Lipinski definition) is 3. The Kier molecular flexibility index (Phi) is 6.32. The predicted molar refractivity (Wildman–Crippen MR) is 78.4 cm³/mol. The maximum atomic E-state index is 13.7. The molecule has 1 rings (SSSR count). The van der Waals surface area contributed by atoms with Gasteiger partial charge in [-0.25, -0.2) is 12.8 Å². The summed E-state index contributed by atoms with van der Waals surface area (Å²) in [6.45, 7) is 6.80. The first-order valence-electron chi connectivity index (χ1n) is 6.49. The largest absolute Gasteiger partial charge is 0.313 e. The van der Waals surface area contributed by atoms with Crippen LogP contribution >= 0.6 is 0 Å². The number of nitrogens with zero attached hydrogens (tertiary/aromatic N) is 1. The van der Waals surface area contributed by atoms with E-state index in [0.29, 0.717) is 12.1 Å². The van der Waals surface area contributed by atoms with Gasteiger partial charge < -0.3 is 5.32 Å². The summed E-state index contributed by atoms with van der Waals surface area (Å²) < 4.78 is 39.3. The van der Waals surface area contributed by atoms with E-state index in [4.69, 9.17) is 0 Å². The van der Waals surface area contributed by atoms with Crippen LogP contribution in [0.2, 0.25) is 0 Å². The molecule has 0 aromatic heterocycles. The van der Waals surface area contributed by atoms with E-state index in [1.54, 1.807) is 0 Å². The predicted octanol–water partition coefficient (Wildman–Crippen LogP) is 2.13. The van der Waals surface area contributed by atoms with Crippen molar-refractivity contribution in [3.05, 3.63) is 42.2 Å². The van der Waals surface area contributed by atoms with Gasteiger partial charge in [0.2, 0.25) is 10.0 Å². The summed E-state index contributed by atoms with van der Waals surface area (Å²) in [6.07, 6.45) is 2.44. The maximum absolute atomic E-state index is 13.7. The molecule has 6 heteroatoms. The molecule has 0 fully saturated rings. The third-order valence-electron chi connectivity index (χ3n) is 2.85. The quantitative estimate of drug-likeness (QED) is 0.591. The van der Waals surface area contributed by atoms with Gasteiger partial charge in [-0.05, 0) is 31.2 Å². The van der Waals surface area contributed by atoms with Crippen LogP contribution in [0.15, 0.2) is 35.7 Å². The number of hydrogen-bond donors (Lipinski definition) is 1. The summed E-state index contributed by atoms with van der Waals surface area (Å²) in [6, 6.07) is 3.86. The van der Waals surface area contributed by atoms with Crippen molar-refractivity contribution < 1.29 is 12.8 Å². The second kappa shape index (κ2) is 7.52. The van der Waals surface area contributed by atoms with Crippen molar-refractivity contribution in [3.63, 3.8) is 0 Å². The summed E-state index contributed by atoms with van der Waals surface area (Å²) >= 11 is 0. The zero-order valence-corrected chi connectivity index (χ0v) is 12.7. The average molecular weight is 300 g/mol. The Morgan fingerprint density at radius 1 is 1.45 bits per heavy atom. The lowest BCUT2D eigenvalue weighted by Gasteiger charge is -2.16. The topological polar surface area (TPSA) is 49.4 Å². The zero-order chi connectivity index (χ0) is 15.2. The molecular formula is C14H21FN2O2S. The average Bonchev–Trinajstić information content (AvgIpc) is 2.41. The molecule has 0 atom stereocenters. The van der Waals surface area contributed by atoms with Gasteiger partial charge in [0.15, 0.2) is 0 Å². The van der Waals surface area contributed by atoms with Crippen LogP contribution in [-0.2, 0) is 16.6 Å². The Bertz CT molecular complexity index is 558. The molecule has 0 aliphatic rings. The molecule has 112 valence electrons. The molecule has 1 aromatic carbocycles. The molecule has 0 saturated heterocycles. The van der Waals surface area contributed by atoms with Gasteiger partial charge in [-0.1, -0.05) is 13.0 Å². The Morgan fingerprint density at radius 3 is 2.75 bits per heavy atom. The van der Waals surface area contributed by atoms with Gasteiger partial charge in [0.05, 0.1) is 4.90 Å². The lowest BCUT2D eigenvalue weighted by Crippen LogP contribution is -2.27. The van der Waals surface area contributed by atoms with Crippen LogP contribution < -0.4 is 5.32 Å². The van der Waals surface area contributed by atoms with E-state index >= 15 is 0 Å². The molecule has 4 nitrogen and oxygen atoms in total. The number of likely N-dealkylation sites (N-methyl/N-ethyl adjacent to an activating group) is 1. The fourth-order valence-corrected chi connectivity index (χ4v) is 2.90. The molecule has 1 N–H and O–H groups in total. The lowest BCUT2D eigenvalue weighted by molar-refractivity contribution is 0.498. The van der Waals surface area contributed by atoms with E-state index in [-0.39, 0.29) is 11.4 Å². The molecule has 0 bridgehead atoms. The second-order valence-corrected chi connectivity index (χ2v) is 6.55. The van der Waals surface area contributed by atoms with Crippen LogP contribution in [0.3, 0.4) is 0 Å². The third-order valence-corrected chi connectivity index (χ3v) is 4.67. The maximum Gasteiger partial charge on any atom is 0.243 e. The highest BCUT2D eigenvalue weighted by atomic mass is 32.2. The van der Waals surface area contributed by atoms with Gasteiger partial charge >= 0.3 is 0 Å². The van der Waals surface area contributed by atoms with E-state index in [0.717, 1.165) is 13.0 Å². The molecule has 0 amide bonds. The minimum atomic E-state index is -3.60. The van der Waals surface area contributed by atoms with E-state index < -0.39 is 15.8 Å². The fourth-order valence-electron chi connectivity index (χ4n) is 1.71. The van der Waals surface area contributed by atoms with E-state index in [2.05, 4.69) is 11.9 Å². The van der Waals surface area contributed by atoms with Crippen LogP contribution in [0.1, 0.15) is 18.9 Å². The summed E-state index contributed by atoms with van der Waals surface area (Å²) in [4.78, 5) is 0.0940. The molecule has 0 radical (unpaired) electrons. The number of benzene rings is 1. The molecule has 1 aromatic rings. The van der Waals surface area contributed by atoms with Crippen molar-refractivity contribution in [1.82, 2.24) is 9.62 Å². The first kappa shape index (κ1) is 16.8. The standard InChI is InChI=1S/C14H21FN2O2S/c1-4-8-16-11-12-10-13(6-7-14(12)15)20(18,19)17(3)9-5-2/h5-7,10,16H,2,4,8-9,11H2,1,3H3. The summed E-state index contributed by atoms with van der Waals surface area (Å²) in [5.41, 5.74) is 0.353. The molecule has 0 heterocycles. The van der Waals surface area contributed by atoms with Gasteiger partial charge in [0.25, 0.3) is 0 Å². The number of nitrogens with one attached hydrogen (secondary N) is 1. The minimum absolute atomic E-state index is 0.0940. The normalized spacial score (nSPS) is 11.8. The molecule has 0 saturated carbocycles. The number of rotatable bonds is 8. The molecule has 0 aliphatic heterocycles. The highest BCUT2D eigenvalue weighted by molar-refractivity contribution is 7.89. The Balaban J connectivity index is 3.02. The van der Waals surface area contributed by atoms with Crippen LogP contribution in [0.5, 0.6) is 0 Å². The molecule has 0 spiro atoms. The zero-order valence-electron chi connectivity index (χ0n) is 11.9. The first-order valence-corrected chi connectivity index (χ1v) is 7.93. The van der Waals surface area contributed by atoms with Gasteiger partial charge in [0.1, 0.15) is 5.82 Å². The van der Waals surface area contributed by atoms with Gasteiger partial charge in [-0.3, -0.25) is 0 Å². The van der Waals surface area contributed by atoms with E-state index in [1.807, 2.05) is 6.92 Å². The van der Waals surface area contributed by atoms with Crippen molar-refractivity contribution >= 4 is 10.0 Å². The summed E-state index contributed by atoms with van der Waals surface area (Å²) in [7, 11) is -2.14. The van der Waals surface area contributed by atoms with Crippen LogP contribution in [0, 0.1) is 5.82 Å². The minimum Gasteiger partial charge on any atom is -0.313 e. The Hall–Kier alpha value is -1.24. The lowest BCUT2D eigenvalue weighted by atomic mass is 10.2. The first-order chi connectivity index (χ1) is 9.43. The Morgan fingerprint density at radius 2 is 2.15 bits per heavy atom. The molecule has 0 aliphatic carbocycles. The highest BCUT2D eigenvalue weighted by Crippen LogP contribution is 2.18. The van der Waals surface area contributed by atoms with Crippen LogP contribution in [0.4, 0.5) is 4.39 Å². The SMILES string of the molecule is C=CCN(C)S(=O)(=O)c1ccc(F)c(CNCCC)c1. The number of halogens is 1. The van der Waals surface area contributed by atoms with Gasteiger partial charge in [-0.15, -0.1) is 6.58 Å². The third kappa shape index (κ3) is 4.13. The van der Waals surface area contributed by atoms with Crippen molar-refractivity contribution in [2.24, 2.45) is 0 Å². The molecular weight excluding hydrogens is 279 g/mol. The van der Waals surface area contributed by atoms with Crippen molar-refractivity contribution in [2.75, 3.05) is 20.1 Å². The molecule has 20 heavy (non-hydrogen) atoms. The van der Waals surface area contributed by atoms with Gasteiger partial charge in [0, 0.05) is 25.7 Å². The van der Waals surface area contributed by atoms with E-state index in [1.165, 1.54) is 35.6 Å². The van der Waals surface area contributed by atoms with Gasteiger partial charge in [-0.2, -0.15) is 4.31 Å². The summed E-state index contributed by atoms with van der Waals surface area (Å²) in [5.74, 6) is -0.404. The van der Waals surface area contributed by atoms with Crippen molar-refractivity contribution in [2.45, 2.75) is 24.8 Å². The van der Waals surface area contributed by atoms with Crippen molar-refractivity contribution in [3.8, 4) is 0 Å². The smallest absolute Gasteiger partial charge is 0.243 e. The van der Waals surface area contributed by atoms with E-state index in [9.17, 15) is 12.8 Å². The number of sulfonamides is 1. The molecule has 0 unspecified atom stereocenters. The second-order valence-electron chi connectivity index (χ2n) is 4.50. The highest BCUT2D eigenvalue weighted by Gasteiger charge is 2.20. The monoisotopic (exact) mass is 300 g/mol. The van der Waals surface area contributed by atoms with Crippen LogP contribution in [0.25, 0.3) is 0 Å². The van der Waals surface area contributed by atoms with Crippen molar-refractivity contribution in [1.29, 1.82) is 0 Å². The summed E-state index contributed by atoms with van der Waals surface area (Å²) in [5, 5.41) is 3.06. The Labute approximate surface area is 120 Å². The fraction of sp³-hybridized carbons (Fsp3) is 0.429.